The molecule has 4 rings (SSSR count). The fraction of sp³-hybridized carbons (Fsp3) is 1.00. The smallest absolute Gasteiger partial charge is 0.222 e. The lowest BCUT2D eigenvalue weighted by atomic mass is 9.63. The zero-order chi connectivity index (χ0) is 18.7. The highest BCUT2D eigenvalue weighted by molar-refractivity contribution is 5.18. The summed E-state index contributed by atoms with van der Waals surface area (Å²) in [7, 11) is 0. The van der Waals surface area contributed by atoms with Crippen molar-refractivity contribution in [2.24, 2.45) is 0 Å². The molecule has 10 heteroatoms. The van der Waals surface area contributed by atoms with Crippen LogP contribution in [0.25, 0.3) is 0 Å². The predicted octanol–water partition coefficient (Wildman–Crippen LogP) is -3.38. The van der Waals surface area contributed by atoms with Gasteiger partial charge in [0, 0.05) is 19.3 Å². The van der Waals surface area contributed by atoms with Crippen molar-refractivity contribution in [1.82, 2.24) is 0 Å². The van der Waals surface area contributed by atoms with Crippen LogP contribution >= 0.6 is 0 Å². The molecular formula is C16H26O10. The highest BCUT2D eigenvalue weighted by Crippen LogP contribution is 2.57. The van der Waals surface area contributed by atoms with E-state index in [-0.39, 0.29) is 19.4 Å². The Morgan fingerprint density at radius 1 is 0.885 bits per heavy atom. The van der Waals surface area contributed by atoms with Gasteiger partial charge in [-0.3, -0.25) is 0 Å². The molecule has 4 unspecified atom stereocenters. The van der Waals surface area contributed by atoms with Crippen LogP contribution < -0.4 is 0 Å². The lowest BCUT2D eigenvalue weighted by Gasteiger charge is -2.56. The first-order valence-electron chi connectivity index (χ1n) is 8.88. The van der Waals surface area contributed by atoms with E-state index in [2.05, 4.69) is 0 Å². The Morgan fingerprint density at radius 2 is 1.54 bits per heavy atom. The molecule has 6 N–H and O–H groups in total. The van der Waals surface area contributed by atoms with E-state index in [1.165, 1.54) is 0 Å². The topological polar surface area (TPSA) is 158 Å². The van der Waals surface area contributed by atoms with Gasteiger partial charge in [-0.15, -0.1) is 0 Å². The Kier molecular flexibility index (Phi) is 4.60. The number of rotatable bonds is 3. The minimum atomic E-state index is -1.62. The molecule has 3 saturated heterocycles. The quantitative estimate of drug-likeness (QED) is 0.293. The molecule has 10 nitrogen and oxygen atoms in total. The maximum atomic E-state index is 10.4. The summed E-state index contributed by atoms with van der Waals surface area (Å²) in [6.45, 7) is -1.21. The number of aliphatic hydroxyl groups is 6. The van der Waals surface area contributed by atoms with Crippen molar-refractivity contribution in [3.63, 3.8) is 0 Å². The minimum absolute atomic E-state index is 0.218. The molecular weight excluding hydrogens is 352 g/mol. The lowest BCUT2D eigenvalue weighted by molar-refractivity contribution is -0.351. The molecule has 1 aliphatic carbocycles. The van der Waals surface area contributed by atoms with Crippen molar-refractivity contribution in [2.75, 3.05) is 26.4 Å². The van der Waals surface area contributed by atoms with E-state index < -0.39 is 73.4 Å². The summed E-state index contributed by atoms with van der Waals surface area (Å²) >= 11 is 0. The second-order valence-corrected chi connectivity index (χ2v) is 7.82. The monoisotopic (exact) mass is 378 g/mol. The van der Waals surface area contributed by atoms with Crippen LogP contribution in [0.4, 0.5) is 0 Å². The van der Waals surface area contributed by atoms with Gasteiger partial charge in [-0.1, -0.05) is 0 Å². The molecule has 0 radical (unpaired) electrons. The molecule has 0 aromatic rings. The van der Waals surface area contributed by atoms with Gasteiger partial charge in [0.15, 0.2) is 0 Å². The molecule has 3 heterocycles. The minimum Gasteiger partial charge on any atom is -0.394 e. The van der Waals surface area contributed by atoms with E-state index >= 15 is 0 Å². The average Bonchev–Trinajstić information content (AvgIpc) is 2.93. The lowest BCUT2D eigenvalue weighted by Crippen LogP contribution is -2.66. The van der Waals surface area contributed by atoms with Gasteiger partial charge in [0.25, 0.3) is 0 Å². The van der Waals surface area contributed by atoms with E-state index in [1.807, 2.05) is 0 Å². The van der Waals surface area contributed by atoms with Crippen LogP contribution in [-0.4, -0.2) is 111 Å². The highest BCUT2D eigenvalue weighted by atomic mass is 16.8. The van der Waals surface area contributed by atoms with Gasteiger partial charge in [0.1, 0.15) is 48.8 Å². The van der Waals surface area contributed by atoms with Crippen molar-refractivity contribution in [3.8, 4) is 0 Å². The van der Waals surface area contributed by atoms with Crippen LogP contribution in [0.1, 0.15) is 19.3 Å². The standard InChI is InChI=1S/C16H26O10/c17-3-8-10(20)12(22)15(24-8)5-14(6-15)1-2-23-13-11(21)9(4-18)25-16(13,7-19)26-14/h8-13,17-22H,1-7H2/t8-,9-,10?,11?,12?,13?,14?,15?,16+/m1/s1. The fourth-order valence-electron chi connectivity index (χ4n) is 4.93. The van der Waals surface area contributed by atoms with Gasteiger partial charge in [-0.05, 0) is 0 Å². The fourth-order valence-corrected chi connectivity index (χ4v) is 4.93. The number of hydrogen-bond acceptors (Lipinski definition) is 10. The van der Waals surface area contributed by atoms with Gasteiger partial charge in [0.2, 0.25) is 5.79 Å². The first kappa shape index (κ1) is 18.9. The Balaban J connectivity index is 1.55. The Labute approximate surface area is 149 Å². The van der Waals surface area contributed by atoms with Crippen LogP contribution in [0.5, 0.6) is 0 Å². The first-order chi connectivity index (χ1) is 12.3. The highest BCUT2D eigenvalue weighted by Gasteiger charge is 2.70. The number of hydrogen-bond donors (Lipinski definition) is 6. The molecule has 4 aliphatic rings. The number of fused-ring (bicyclic) bond motifs is 1. The summed E-state index contributed by atoms with van der Waals surface area (Å²) in [5.74, 6) is -1.62. The molecule has 26 heavy (non-hydrogen) atoms. The zero-order valence-electron chi connectivity index (χ0n) is 14.2. The number of aliphatic hydroxyl groups excluding tert-OH is 6. The number of ether oxygens (including phenoxy) is 4. The summed E-state index contributed by atoms with van der Waals surface area (Å²) in [5, 5.41) is 59.2. The molecule has 7 atom stereocenters. The SMILES string of the molecule is OC[C@H]1OC2(CC3(CCOC4C(O)[C@@H](CO)O[C@@]4(CO)O3)C2)C(O)C1O. The van der Waals surface area contributed by atoms with E-state index in [0.717, 1.165) is 0 Å². The van der Waals surface area contributed by atoms with Crippen molar-refractivity contribution < 1.29 is 49.6 Å². The summed E-state index contributed by atoms with van der Waals surface area (Å²) in [6.07, 6.45) is -5.41. The second-order valence-electron chi connectivity index (χ2n) is 7.82. The Bertz CT molecular complexity index is 537. The third kappa shape index (κ3) is 2.49. The largest absolute Gasteiger partial charge is 0.394 e. The average molecular weight is 378 g/mol. The molecule has 0 amide bonds. The van der Waals surface area contributed by atoms with Gasteiger partial charge >= 0.3 is 0 Å². The van der Waals surface area contributed by atoms with Gasteiger partial charge in [-0.25, -0.2) is 0 Å². The van der Waals surface area contributed by atoms with E-state index in [4.69, 9.17) is 18.9 Å². The maximum Gasteiger partial charge on any atom is 0.222 e. The normalized spacial score (nSPS) is 56.5. The third-order valence-corrected chi connectivity index (χ3v) is 6.17. The third-order valence-electron chi connectivity index (χ3n) is 6.17. The summed E-state index contributed by atoms with van der Waals surface area (Å²) in [6, 6.07) is 0. The van der Waals surface area contributed by atoms with Crippen LogP contribution in [-0.2, 0) is 18.9 Å². The van der Waals surface area contributed by atoms with Gasteiger partial charge in [-0.2, -0.15) is 0 Å². The molecule has 0 aromatic heterocycles. The first-order valence-corrected chi connectivity index (χ1v) is 8.88. The summed E-state index contributed by atoms with van der Waals surface area (Å²) < 4.78 is 23.1. The molecule has 1 saturated carbocycles. The summed E-state index contributed by atoms with van der Waals surface area (Å²) in [4.78, 5) is 0. The Morgan fingerprint density at radius 3 is 2.12 bits per heavy atom. The van der Waals surface area contributed by atoms with Crippen LogP contribution in [0.2, 0.25) is 0 Å². The molecule has 150 valence electrons. The van der Waals surface area contributed by atoms with Crippen LogP contribution in [0, 0.1) is 0 Å². The van der Waals surface area contributed by atoms with Crippen molar-refractivity contribution >= 4 is 0 Å². The second kappa shape index (κ2) is 6.31. The molecule has 4 fully saturated rings. The van der Waals surface area contributed by atoms with Crippen LogP contribution in [0.3, 0.4) is 0 Å². The van der Waals surface area contributed by atoms with Crippen molar-refractivity contribution in [2.45, 2.75) is 72.9 Å². The van der Waals surface area contributed by atoms with Gasteiger partial charge < -0.3 is 49.6 Å². The predicted molar refractivity (Wildman–Crippen MR) is 81.9 cm³/mol. The molecule has 0 aromatic carbocycles. The van der Waals surface area contributed by atoms with Crippen LogP contribution in [0.15, 0.2) is 0 Å². The van der Waals surface area contributed by atoms with E-state index in [1.54, 1.807) is 0 Å². The molecule has 0 bridgehead atoms. The maximum absolute atomic E-state index is 10.4. The van der Waals surface area contributed by atoms with Crippen molar-refractivity contribution in [3.05, 3.63) is 0 Å². The summed E-state index contributed by atoms with van der Waals surface area (Å²) in [5.41, 5.74) is -1.89. The van der Waals surface area contributed by atoms with Crippen molar-refractivity contribution in [1.29, 1.82) is 0 Å². The zero-order valence-corrected chi connectivity index (χ0v) is 14.2. The van der Waals surface area contributed by atoms with E-state index in [9.17, 15) is 30.6 Å². The molecule has 2 spiro atoms. The van der Waals surface area contributed by atoms with E-state index in [0.29, 0.717) is 6.42 Å². The Hall–Kier alpha value is -0.400. The molecule has 3 aliphatic heterocycles. The van der Waals surface area contributed by atoms with Gasteiger partial charge in [0.05, 0.1) is 25.4 Å².